The minimum Gasteiger partial charge on any atom is -0.508 e. The van der Waals surface area contributed by atoms with Crippen molar-refractivity contribution in [1.29, 1.82) is 0 Å². The second-order valence-electron chi connectivity index (χ2n) is 5.57. The maximum Gasteiger partial charge on any atom is 0.170 e. The van der Waals surface area contributed by atoms with Crippen LogP contribution in [0.15, 0.2) is 59.8 Å². The van der Waals surface area contributed by atoms with Crippen LogP contribution in [0.2, 0.25) is 5.02 Å². The van der Waals surface area contributed by atoms with Crippen LogP contribution in [0.1, 0.15) is 5.56 Å². The molecule has 0 aliphatic carbocycles. The number of aromatic hydroxyl groups is 1. The number of rotatable bonds is 3. The molecule has 132 valence electrons. The zero-order chi connectivity index (χ0) is 18.8. The molecule has 3 rings (SSSR count). The molecule has 0 heterocycles. The van der Waals surface area contributed by atoms with Gasteiger partial charge in [0.25, 0.3) is 0 Å². The summed E-state index contributed by atoms with van der Waals surface area (Å²) in [5.74, 6) is -1.50. The number of phenols is 1. The summed E-state index contributed by atoms with van der Waals surface area (Å²) in [6, 6.07) is 12.2. The van der Waals surface area contributed by atoms with E-state index in [-0.39, 0.29) is 22.2 Å². The second kappa shape index (κ2) is 7.01. The first-order valence-corrected chi connectivity index (χ1v) is 7.84. The van der Waals surface area contributed by atoms with Crippen LogP contribution in [0.25, 0.3) is 22.3 Å². The van der Waals surface area contributed by atoms with Gasteiger partial charge in [-0.1, -0.05) is 28.9 Å². The number of hydrogen-bond donors (Lipinski definition) is 3. The third-order valence-electron chi connectivity index (χ3n) is 3.82. The molecule has 7 heteroatoms. The molecule has 0 fully saturated rings. The minimum atomic E-state index is -0.624. The monoisotopic (exact) mass is 374 g/mol. The highest BCUT2D eigenvalue weighted by Crippen LogP contribution is 2.37. The van der Waals surface area contributed by atoms with Crippen molar-refractivity contribution in [1.82, 2.24) is 0 Å². The van der Waals surface area contributed by atoms with Crippen molar-refractivity contribution < 1.29 is 19.1 Å². The van der Waals surface area contributed by atoms with Crippen LogP contribution in [-0.4, -0.2) is 16.1 Å². The van der Waals surface area contributed by atoms with Crippen molar-refractivity contribution in [2.24, 2.45) is 10.9 Å². The first-order valence-electron chi connectivity index (χ1n) is 7.46. The lowest BCUT2D eigenvalue weighted by Crippen LogP contribution is -2.15. The Morgan fingerprint density at radius 2 is 1.58 bits per heavy atom. The van der Waals surface area contributed by atoms with E-state index in [0.29, 0.717) is 22.3 Å². The highest BCUT2D eigenvalue weighted by atomic mass is 35.5. The van der Waals surface area contributed by atoms with Gasteiger partial charge in [0.05, 0.1) is 0 Å². The van der Waals surface area contributed by atoms with Gasteiger partial charge in [0.2, 0.25) is 0 Å². The fourth-order valence-electron chi connectivity index (χ4n) is 2.74. The van der Waals surface area contributed by atoms with Gasteiger partial charge in [-0.2, -0.15) is 0 Å². The summed E-state index contributed by atoms with van der Waals surface area (Å²) in [4.78, 5) is 0. The van der Waals surface area contributed by atoms with Gasteiger partial charge in [-0.05, 0) is 59.2 Å². The lowest BCUT2D eigenvalue weighted by atomic mass is 9.89. The molecular formula is C19H13ClF2N2O2. The van der Waals surface area contributed by atoms with Crippen molar-refractivity contribution in [2.45, 2.75) is 0 Å². The quantitative estimate of drug-likeness (QED) is 0.268. The van der Waals surface area contributed by atoms with Crippen molar-refractivity contribution >= 4 is 17.4 Å². The van der Waals surface area contributed by atoms with E-state index in [2.05, 4.69) is 5.16 Å². The van der Waals surface area contributed by atoms with Gasteiger partial charge >= 0.3 is 0 Å². The van der Waals surface area contributed by atoms with E-state index in [4.69, 9.17) is 22.5 Å². The van der Waals surface area contributed by atoms with Crippen LogP contribution in [0, 0.1) is 11.6 Å². The first-order chi connectivity index (χ1) is 12.4. The van der Waals surface area contributed by atoms with Gasteiger partial charge < -0.3 is 16.0 Å². The number of nitrogens with zero attached hydrogens (tertiary/aromatic N) is 1. The number of hydrogen-bond acceptors (Lipinski definition) is 3. The molecule has 0 atom stereocenters. The SMILES string of the molecule is NC(=NO)c1cc(F)cc(-c2ccc(O)cc2)c1-c1cc(F)cc(Cl)c1. The van der Waals surface area contributed by atoms with E-state index in [1.54, 1.807) is 12.1 Å². The zero-order valence-electron chi connectivity index (χ0n) is 13.2. The lowest BCUT2D eigenvalue weighted by molar-refractivity contribution is 0.318. The molecule has 0 unspecified atom stereocenters. The van der Waals surface area contributed by atoms with Gasteiger partial charge in [0.15, 0.2) is 5.84 Å². The second-order valence-corrected chi connectivity index (χ2v) is 6.00. The Kier molecular flexibility index (Phi) is 4.77. The maximum atomic E-state index is 14.2. The van der Waals surface area contributed by atoms with Crippen molar-refractivity contribution in [3.8, 4) is 28.0 Å². The van der Waals surface area contributed by atoms with Crippen LogP contribution in [0.5, 0.6) is 5.75 Å². The molecule has 3 aromatic carbocycles. The Morgan fingerprint density at radius 3 is 2.19 bits per heavy atom. The van der Waals surface area contributed by atoms with Gasteiger partial charge in [-0.15, -0.1) is 0 Å². The summed E-state index contributed by atoms with van der Waals surface area (Å²) in [5, 5.41) is 21.6. The average Bonchev–Trinajstić information content (AvgIpc) is 2.60. The molecule has 4 nitrogen and oxygen atoms in total. The summed E-state index contributed by atoms with van der Waals surface area (Å²) in [6.07, 6.45) is 0. The fraction of sp³-hybridized carbons (Fsp3) is 0. The molecule has 0 aromatic heterocycles. The van der Waals surface area contributed by atoms with E-state index in [1.165, 1.54) is 30.3 Å². The number of benzene rings is 3. The van der Waals surface area contributed by atoms with Crippen LogP contribution in [-0.2, 0) is 0 Å². The lowest BCUT2D eigenvalue weighted by Gasteiger charge is -2.16. The molecule has 26 heavy (non-hydrogen) atoms. The predicted molar refractivity (Wildman–Crippen MR) is 96.4 cm³/mol. The van der Waals surface area contributed by atoms with E-state index in [9.17, 15) is 13.9 Å². The molecule has 0 spiro atoms. The van der Waals surface area contributed by atoms with Crippen LogP contribution < -0.4 is 5.73 Å². The smallest absolute Gasteiger partial charge is 0.170 e. The van der Waals surface area contributed by atoms with E-state index in [1.807, 2.05) is 0 Å². The fourth-order valence-corrected chi connectivity index (χ4v) is 2.96. The van der Waals surface area contributed by atoms with Crippen LogP contribution in [0.3, 0.4) is 0 Å². The number of nitrogens with two attached hydrogens (primary N) is 1. The van der Waals surface area contributed by atoms with Crippen LogP contribution in [0.4, 0.5) is 8.78 Å². The zero-order valence-corrected chi connectivity index (χ0v) is 14.0. The summed E-state index contributed by atoms with van der Waals surface area (Å²) < 4.78 is 28.1. The number of phenolic OH excluding ortho intramolecular Hbond substituents is 1. The highest BCUT2D eigenvalue weighted by molar-refractivity contribution is 6.31. The average molecular weight is 375 g/mol. The Labute approximate surface area is 152 Å². The Hall–Kier alpha value is -3.12. The normalized spacial score (nSPS) is 11.6. The maximum absolute atomic E-state index is 14.2. The molecule has 0 aliphatic heterocycles. The molecule has 0 saturated carbocycles. The van der Waals surface area contributed by atoms with Gasteiger partial charge in [0.1, 0.15) is 17.4 Å². The van der Waals surface area contributed by atoms with E-state index < -0.39 is 11.6 Å². The molecule has 4 N–H and O–H groups in total. The molecule has 0 radical (unpaired) electrons. The van der Waals surface area contributed by atoms with Gasteiger partial charge in [0, 0.05) is 16.1 Å². The summed E-state index contributed by atoms with van der Waals surface area (Å²) in [5.41, 5.74) is 7.39. The Morgan fingerprint density at radius 1 is 0.923 bits per heavy atom. The first kappa shape index (κ1) is 17.7. The summed E-state index contributed by atoms with van der Waals surface area (Å²) in [7, 11) is 0. The third-order valence-corrected chi connectivity index (χ3v) is 4.03. The van der Waals surface area contributed by atoms with E-state index in [0.717, 1.165) is 12.1 Å². The Balaban J connectivity index is 2.39. The number of oxime groups is 1. The standard InChI is InChI=1S/C19H13ClF2N2O2/c20-12-5-11(6-13(21)7-12)18-16(10-1-3-15(25)4-2-10)8-14(22)9-17(18)19(23)24-26/h1-9,25-26H,(H2,23,24). The molecule has 3 aromatic rings. The summed E-state index contributed by atoms with van der Waals surface area (Å²) >= 11 is 5.96. The third kappa shape index (κ3) is 3.45. The molecule has 0 saturated heterocycles. The number of amidine groups is 1. The predicted octanol–water partition coefficient (Wildman–Crippen LogP) is 4.75. The molecule has 0 amide bonds. The van der Waals surface area contributed by atoms with Gasteiger partial charge in [-0.3, -0.25) is 0 Å². The molecular weight excluding hydrogens is 362 g/mol. The van der Waals surface area contributed by atoms with Crippen molar-refractivity contribution in [3.05, 3.63) is 76.8 Å². The minimum absolute atomic E-state index is 0.0390. The highest BCUT2D eigenvalue weighted by Gasteiger charge is 2.18. The molecule has 0 bridgehead atoms. The summed E-state index contributed by atoms with van der Waals surface area (Å²) in [6.45, 7) is 0. The van der Waals surface area contributed by atoms with Crippen molar-refractivity contribution in [2.75, 3.05) is 0 Å². The van der Waals surface area contributed by atoms with Crippen LogP contribution >= 0.6 is 11.6 Å². The van der Waals surface area contributed by atoms with Crippen molar-refractivity contribution in [3.63, 3.8) is 0 Å². The van der Waals surface area contributed by atoms with E-state index >= 15 is 0 Å². The largest absolute Gasteiger partial charge is 0.508 e. The number of halogens is 3. The topological polar surface area (TPSA) is 78.8 Å². The molecule has 0 aliphatic rings. The Bertz CT molecular complexity index is 985. The van der Waals surface area contributed by atoms with Gasteiger partial charge in [-0.25, -0.2) is 8.78 Å².